The van der Waals surface area contributed by atoms with E-state index < -0.39 is 30.0 Å². The van der Waals surface area contributed by atoms with E-state index >= 15 is 0 Å². The van der Waals surface area contributed by atoms with Crippen molar-refractivity contribution in [3.05, 3.63) is 51.7 Å². The highest BCUT2D eigenvalue weighted by Crippen LogP contribution is 2.77. The smallest absolute Gasteiger partial charge is 0.263 e. The van der Waals surface area contributed by atoms with Crippen LogP contribution >= 0.6 is 69.6 Å². The average molecular weight is 508 g/mol. The summed E-state index contributed by atoms with van der Waals surface area (Å²) in [6.45, 7) is 2.08. The Bertz CT molecular complexity index is 1000. The summed E-state index contributed by atoms with van der Waals surface area (Å²) < 4.78 is 25.6. The summed E-state index contributed by atoms with van der Waals surface area (Å²) in [6.07, 6.45) is 1.81. The number of hydrogen-bond donors (Lipinski definition) is 0. The van der Waals surface area contributed by atoms with Crippen molar-refractivity contribution in [3.8, 4) is 0 Å². The predicted octanol–water partition coefficient (Wildman–Crippen LogP) is 5.74. The molecule has 0 saturated heterocycles. The Morgan fingerprint density at radius 2 is 1.63 bits per heavy atom. The molecule has 146 valence electrons. The molecule has 0 spiro atoms. The molecule has 10 heteroatoms. The van der Waals surface area contributed by atoms with Gasteiger partial charge in [0.1, 0.15) is 9.75 Å². The fourth-order valence-electron chi connectivity index (χ4n) is 4.02. The minimum atomic E-state index is -3.77. The van der Waals surface area contributed by atoms with E-state index in [1.54, 1.807) is 24.3 Å². The highest BCUT2D eigenvalue weighted by Gasteiger charge is 2.80. The van der Waals surface area contributed by atoms with Gasteiger partial charge in [-0.3, -0.25) is 4.31 Å². The molecule has 1 heterocycles. The third-order valence-corrected chi connectivity index (χ3v) is 11.5. The Hall–Kier alpha value is 0.190. The molecule has 1 aromatic rings. The zero-order valence-corrected chi connectivity index (χ0v) is 19.2. The molecule has 2 bridgehead atoms. The highest BCUT2D eigenvalue weighted by atomic mass is 35.5. The number of sulfonamides is 1. The zero-order valence-electron chi connectivity index (χ0n) is 13.8. The van der Waals surface area contributed by atoms with Crippen LogP contribution in [0.15, 0.2) is 51.0 Å². The molecule has 1 saturated carbocycles. The Morgan fingerprint density at radius 1 is 1.04 bits per heavy atom. The zero-order chi connectivity index (χ0) is 20.0. The van der Waals surface area contributed by atoms with Crippen LogP contribution in [0.3, 0.4) is 0 Å². The van der Waals surface area contributed by atoms with E-state index in [0.717, 1.165) is 5.56 Å². The first kappa shape index (κ1) is 20.5. The molecule has 1 aliphatic heterocycles. The van der Waals surface area contributed by atoms with Crippen molar-refractivity contribution >= 4 is 79.6 Å². The Labute approximate surface area is 187 Å². The monoisotopic (exact) mass is 505 g/mol. The second-order valence-corrected chi connectivity index (χ2v) is 12.1. The first-order valence-corrected chi connectivity index (χ1v) is 11.7. The summed E-state index contributed by atoms with van der Waals surface area (Å²) >= 11 is 39.3. The third-order valence-electron chi connectivity index (χ3n) is 5.51. The molecule has 3 aliphatic rings. The Morgan fingerprint density at radius 3 is 2.22 bits per heavy atom. The van der Waals surface area contributed by atoms with Gasteiger partial charge in [-0.2, -0.15) is 0 Å². The van der Waals surface area contributed by atoms with E-state index in [-0.39, 0.29) is 21.5 Å². The van der Waals surface area contributed by atoms with Crippen molar-refractivity contribution in [2.75, 3.05) is 6.54 Å². The van der Waals surface area contributed by atoms with E-state index in [9.17, 15) is 8.42 Å². The fraction of sp³-hybridized carbons (Fsp3) is 0.412. The lowest BCUT2D eigenvalue weighted by molar-refractivity contribution is 0.391. The maximum absolute atomic E-state index is 13.1. The van der Waals surface area contributed by atoms with Crippen molar-refractivity contribution < 1.29 is 8.42 Å². The highest BCUT2D eigenvalue weighted by molar-refractivity contribution is 7.89. The van der Waals surface area contributed by atoms with E-state index in [4.69, 9.17) is 69.6 Å². The van der Waals surface area contributed by atoms with Gasteiger partial charge in [0.15, 0.2) is 4.33 Å². The quantitative estimate of drug-likeness (QED) is 0.479. The molecule has 0 radical (unpaired) electrons. The van der Waals surface area contributed by atoms with Crippen molar-refractivity contribution in [3.63, 3.8) is 0 Å². The number of halogens is 6. The van der Waals surface area contributed by atoms with E-state index in [1.165, 1.54) is 10.5 Å². The molecule has 1 aromatic carbocycles. The van der Waals surface area contributed by atoms with Gasteiger partial charge < -0.3 is 0 Å². The molecule has 1 fully saturated rings. The normalized spacial score (nSPS) is 34.7. The predicted molar refractivity (Wildman–Crippen MR) is 112 cm³/mol. The standard InChI is InChI=1S/C17H13Cl6NO2S/c1-9-2-4-10(5-3-9)27(25,26)24-7-6-11-12(8-24)16(21)14(19)13(18)15(11,20)17(16,22)23/h2-5,8,11H,6-7H2,1H3/t11?,15-,16+/m0/s1. The van der Waals surface area contributed by atoms with Crippen molar-refractivity contribution in [2.24, 2.45) is 5.92 Å². The van der Waals surface area contributed by atoms with Crippen LogP contribution in [0.4, 0.5) is 0 Å². The number of fused-ring (bicyclic) bond motifs is 5. The number of alkyl halides is 4. The van der Waals surface area contributed by atoms with Gasteiger partial charge >= 0.3 is 0 Å². The maximum atomic E-state index is 13.1. The van der Waals surface area contributed by atoms with Crippen LogP contribution in [0.5, 0.6) is 0 Å². The summed E-state index contributed by atoms with van der Waals surface area (Å²) in [7, 11) is -3.77. The van der Waals surface area contributed by atoms with E-state index in [2.05, 4.69) is 0 Å². The molecule has 0 N–H and O–H groups in total. The van der Waals surface area contributed by atoms with E-state index in [0.29, 0.717) is 12.0 Å². The van der Waals surface area contributed by atoms with Crippen LogP contribution in [-0.2, 0) is 10.0 Å². The summed E-state index contributed by atoms with van der Waals surface area (Å²) in [5.41, 5.74) is 1.42. The average Bonchev–Trinajstić information content (AvgIpc) is 2.83. The summed E-state index contributed by atoms with van der Waals surface area (Å²) in [5, 5.41) is 0.144. The van der Waals surface area contributed by atoms with Crippen LogP contribution in [0, 0.1) is 12.8 Å². The van der Waals surface area contributed by atoms with Gasteiger partial charge in [-0.1, -0.05) is 64.1 Å². The fourth-order valence-corrected chi connectivity index (χ4v) is 8.27. The van der Waals surface area contributed by atoms with Crippen molar-refractivity contribution in [1.29, 1.82) is 0 Å². The lowest BCUT2D eigenvalue weighted by Gasteiger charge is -2.38. The maximum Gasteiger partial charge on any atom is 0.263 e. The van der Waals surface area contributed by atoms with Crippen LogP contribution in [0.1, 0.15) is 12.0 Å². The lowest BCUT2D eigenvalue weighted by Crippen LogP contribution is -2.44. The lowest BCUT2D eigenvalue weighted by atomic mass is 9.84. The van der Waals surface area contributed by atoms with Gasteiger partial charge in [0.05, 0.1) is 15.0 Å². The molecular weight excluding hydrogens is 495 g/mol. The second-order valence-electron chi connectivity index (χ2n) is 6.93. The second kappa shape index (κ2) is 6.10. The molecule has 0 amide bonds. The Balaban J connectivity index is 1.84. The molecule has 1 unspecified atom stereocenters. The van der Waals surface area contributed by atoms with Gasteiger partial charge in [0.25, 0.3) is 10.0 Å². The molecule has 4 rings (SSSR count). The number of aryl methyl sites for hydroxylation is 1. The number of nitrogens with zero attached hydrogens (tertiary/aromatic N) is 1. The number of allylic oxidation sites excluding steroid dienone is 3. The summed E-state index contributed by atoms with van der Waals surface area (Å²) in [6, 6.07) is 6.60. The number of benzene rings is 1. The first-order chi connectivity index (χ1) is 12.4. The van der Waals surface area contributed by atoms with E-state index in [1.807, 2.05) is 6.92 Å². The molecule has 0 aromatic heterocycles. The SMILES string of the molecule is Cc1ccc(S(=O)(=O)N2C=C3C(CC2)[C@]2(Cl)C(Cl)=C(Cl)[C@@]3(Cl)C2(Cl)Cl)cc1. The molecule has 3 nitrogen and oxygen atoms in total. The molecular formula is C17H13Cl6NO2S. The van der Waals surface area contributed by atoms with Gasteiger partial charge in [0, 0.05) is 18.7 Å². The van der Waals surface area contributed by atoms with Crippen LogP contribution in [0.2, 0.25) is 0 Å². The molecule has 2 aliphatic carbocycles. The topological polar surface area (TPSA) is 37.4 Å². The van der Waals surface area contributed by atoms with Crippen molar-refractivity contribution in [2.45, 2.75) is 32.3 Å². The summed E-state index contributed by atoms with van der Waals surface area (Å²) in [5.74, 6) is -0.425. The Kier molecular flexibility index (Phi) is 4.62. The largest absolute Gasteiger partial charge is 0.273 e. The van der Waals surface area contributed by atoms with Gasteiger partial charge in [0.2, 0.25) is 0 Å². The summed E-state index contributed by atoms with van der Waals surface area (Å²) in [4.78, 5) is -2.80. The van der Waals surface area contributed by atoms with Gasteiger partial charge in [-0.15, -0.1) is 23.2 Å². The van der Waals surface area contributed by atoms with Crippen LogP contribution in [0.25, 0.3) is 0 Å². The molecule has 27 heavy (non-hydrogen) atoms. The van der Waals surface area contributed by atoms with Crippen molar-refractivity contribution in [1.82, 2.24) is 4.31 Å². The first-order valence-electron chi connectivity index (χ1n) is 8.02. The number of rotatable bonds is 2. The minimum absolute atomic E-state index is 0.0305. The van der Waals surface area contributed by atoms with Crippen LogP contribution < -0.4 is 0 Å². The molecule has 3 atom stereocenters. The minimum Gasteiger partial charge on any atom is -0.273 e. The van der Waals surface area contributed by atoms with Crippen LogP contribution in [-0.4, -0.2) is 33.3 Å². The van der Waals surface area contributed by atoms with Gasteiger partial charge in [-0.25, -0.2) is 8.42 Å². The van der Waals surface area contributed by atoms with Gasteiger partial charge in [-0.05, 0) is 31.1 Å². The number of hydrogen-bond acceptors (Lipinski definition) is 2. The third kappa shape index (κ3) is 2.32.